The number of nitrogens with zero attached hydrogens (tertiary/aromatic N) is 1. The second-order valence-corrected chi connectivity index (χ2v) is 8.01. The minimum absolute atomic E-state index is 0.0985. The number of carbonyl (C=O) groups is 2. The number of hydrogen-bond acceptors (Lipinski definition) is 4. The molecule has 0 aliphatic carbocycles. The third-order valence-corrected chi connectivity index (χ3v) is 5.26. The molecule has 0 aliphatic rings. The van der Waals surface area contributed by atoms with Crippen LogP contribution in [-0.4, -0.2) is 23.6 Å². The fourth-order valence-electron chi connectivity index (χ4n) is 2.12. The molecule has 0 fully saturated rings. The third kappa shape index (κ3) is 5.95. The van der Waals surface area contributed by atoms with E-state index in [0.29, 0.717) is 30.1 Å². The SMILES string of the molecule is Cc1ccc(NC(=O)C(C#N)=Cc2cc(Br)c(OCC(=O)O)c(I)c2)cc1Cl. The zero-order valence-corrected chi connectivity index (χ0v) is 18.9. The Labute approximate surface area is 188 Å². The Kier molecular flexibility index (Phi) is 7.86. The number of anilines is 1. The maximum absolute atomic E-state index is 12.4. The molecular weight excluding hydrogens is 562 g/mol. The molecule has 6 nitrogen and oxygen atoms in total. The van der Waals surface area contributed by atoms with E-state index in [1.807, 2.05) is 35.6 Å². The number of nitriles is 1. The molecule has 0 saturated heterocycles. The number of aliphatic carboxylic acids is 1. The van der Waals surface area contributed by atoms with Crippen molar-refractivity contribution in [3.05, 3.63) is 60.1 Å². The van der Waals surface area contributed by atoms with E-state index in [1.165, 1.54) is 6.08 Å². The van der Waals surface area contributed by atoms with Crippen LogP contribution in [0.1, 0.15) is 11.1 Å². The van der Waals surface area contributed by atoms with E-state index in [1.54, 1.807) is 30.3 Å². The molecule has 0 bridgehead atoms. The van der Waals surface area contributed by atoms with Crippen molar-refractivity contribution in [1.82, 2.24) is 0 Å². The van der Waals surface area contributed by atoms with Gasteiger partial charge in [0.1, 0.15) is 17.4 Å². The number of halogens is 3. The molecule has 0 heterocycles. The van der Waals surface area contributed by atoms with Crippen LogP contribution in [0.2, 0.25) is 5.02 Å². The summed E-state index contributed by atoms with van der Waals surface area (Å²) >= 11 is 11.3. The van der Waals surface area contributed by atoms with E-state index in [-0.39, 0.29) is 5.57 Å². The fourth-order valence-corrected chi connectivity index (χ4v) is 4.07. The minimum atomic E-state index is -1.09. The molecule has 0 atom stereocenters. The Balaban J connectivity index is 2.25. The van der Waals surface area contributed by atoms with E-state index in [0.717, 1.165) is 5.56 Å². The van der Waals surface area contributed by atoms with E-state index in [2.05, 4.69) is 21.2 Å². The van der Waals surface area contributed by atoms with Crippen LogP contribution < -0.4 is 10.1 Å². The third-order valence-electron chi connectivity index (χ3n) is 3.47. The van der Waals surface area contributed by atoms with Crippen molar-refractivity contribution >= 4 is 73.8 Å². The van der Waals surface area contributed by atoms with E-state index >= 15 is 0 Å². The molecule has 2 N–H and O–H groups in total. The first kappa shape index (κ1) is 22.2. The summed E-state index contributed by atoms with van der Waals surface area (Å²) in [5.74, 6) is -1.29. The molecule has 0 saturated carbocycles. The lowest BCUT2D eigenvalue weighted by atomic mass is 10.1. The minimum Gasteiger partial charge on any atom is -0.480 e. The summed E-state index contributed by atoms with van der Waals surface area (Å²) in [6.45, 7) is 1.37. The largest absolute Gasteiger partial charge is 0.480 e. The summed E-state index contributed by atoms with van der Waals surface area (Å²) in [4.78, 5) is 23.1. The first-order valence-electron chi connectivity index (χ1n) is 7.74. The van der Waals surface area contributed by atoms with Gasteiger partial charge in [0.2, 0.25) is 0 Å². The number of rotatable bonds is 6. The normalized spacial score (nSPS) is 10.9. The van der Waals surface area contributed by atoms with E-state index < -0.39 is 18.5 Å². The van der Waals surface area contributed by atoms with Gasteiger partial charge in [0, 0.05) is 10.7 Å². The van der Waals surface area contributed by atoms with Crippen LogP contribution in [0, 0.1) is 21.8 Å². The van der Waals surface area contributed by atoms with Crippen molar-refractivity contribution in [3.63, 3.8) is 0 Å². The van der Waals surface area contributed by atoms with Crippen LogP contribution in [0.15, 0.2) is 40.4 Å². The molecule has 2 aromatic carbocycles. The molecule has 9 heteroatoms. The van der Waals surface area contributed by atoms with Crippen molar-refractivity contribution < 1.29 is 19.4 Å². The number of benzene rings is 2. The quantitative estimate of drug-likeness (QED) is 0.286. The van der Waals surface area contributed by atoms with Gasteiger partial charge in [-0.25, -0.2) is 4.79 Å². The summed E-state index contributed by atoms with van der Waals surface area (Å²) in [6, 6.07) is 10.3. The lowest BCUT2D eigenvalue weighted by molar-refractivity contribution is -0.139. The van der Waals surface area contributed by atoms with Crippen LogP contribution in [0.5, 0.6) is 5.75 Å². The van der Waals surface area contributed by atoms with Crippen LogP contribution in [0.25, 0.3) is 6.08 Å². The maximum Gasteiger partial charge on any atom is 0.341 e. The van der Waals surface area contributed by atoms with Crippen molar-refractivity contribution in [3.8, 4) is 11.8 Å². The maximum atomic E-state index is 12.4. The zero-order chi connectivity index (χ0) is 20.8. The number of carbonyl (C=O) groups excluding carboxylic acids is 1. The molecule has 0 aromatic heterocycles. The number of nitrogens with one attached hydrogen (secondary N) is 1. The van der Waals surface area contributed by atoms with Gasteiger partial charge >= 0.3 is 5.97 Å². The molecule has 2 aromatic rings. The Hall–Kier alpha value is -2.09. The summed E-state index contributed by atoms with van der Waals surface area (Å²) in [7, 11) is 0. The van der Waals surface area contributed by atoms with Gasteiger partial charge in [-0.1, -0.05) is 17.7 Å². The molecule has 28 heavy (non-hydrogen) atoms. The summed E-state index contributed by atoms with van der Waals surface area (Å²) in [5, 5.41) is 21.2. The van der Waals surface area contributed by atoms with Crippen LogP contribution >= 0.6 is 50.1 Å². The molecule has 1 amide bonds. The van der Waals surface area contributed by atoms with Gasteiger partial charge in [-0.2, -0.15) is 5.26 Å². The molecule has 0 unspecified atom stereocenters. The first-order chi connectivity index (χ1) is 13.2. The van der Waals surface area contributed by atoms with Crippen LogP contribution in [0.4, 0.5) is 5.69 Å². The van der Waals surface area contributed by atoms with Gasteiger partial charge < -0.3 is 15.2 Å². The van der Waals surface area contributed by atoms with Gasteiger partial charge in [0.05, 0.1) is 8.04 Å². The number of amides is 1. The van der Waals surface area contributed by atoms with Gasteiger partial charge in [0.25, 0.3) is 5.91 Å². The average molecular weight is 576 g/mol. The molecule has 144 valence electrons. The zero-order valence-electron chi connectivity index (χ0n) is 14.4. The van der Waals surface area contributed by atoms with Crippen molar-refractivity contribution in [2.45, 2.75) is 6.92 Å². The van der Waals surface area contributed by atoms with Crippen molar-refractivity contribution in [2.24, 2.45) is 0 Å². The van der Waals surface area contributed by atoms with E-state index in [9.17, 15) is 14.9 Å². The number of ether oxygens (including phenoxy) is 1. The highest BCUT2D eigenvalue weighted by atomic mass is 127. The molecule has 2 rings (SSSR count). The Bertz CT molecular complexity index is 994. The highest BCUT2D eigenvalue weighted by Crippen LogP contribution is 2.32. The van der Waals surface area contributed by atoms with Gasteiger partial charge in [-0.05, 0) is 86.9 Å². The fraction of sp³-hybridized carbons (Fsp3) is 0.105. The standard InChI is InChI=1S/C19H13BrClIN2O4/c1-10-2-3-13(7-15(10)21)24-19(27)12(8-23)4-11-5-14(20)18(16(22)6-11)28-9-17(25)26/h2-7H,9H2,1H3,(H,24,27)(H,25,26). The molecule has 0 radical (unpaired) electrons. The van der Waals surface area contributed by atoms with Gasteiger partial charge in [-0.15, -0.1) is 0 Å². The predicted molar refractivity (Wildman–Crippen MR) is 118 cm³/mol. The summed E-state index contributed by atoms with van der Waals surface area (Å²) in [5.41, 5.74) is 1.83. The first-order valence-corrected chi connectivity index (χ1v) is 9.99. The van der Waals surface area contributed by atoms with Crippen LogP contribution in [0.3, 0.4) is 0 Å². The molecular formula is C19H13BrClIN2O4. The average Bonchev–Trinajstić information content (AvgIpc) is 2.61. The highest BCUT2D eigenvalue weighted by Gasteiger charge is 2.13. The van der Waals surface area contributed by atoms with Crippen molar-refractivity contribution in [2.75, 3.05) is 11.9 Å². The van der Waals surface area contributed by atoms with Gasteiger partial charge in [-0.3, -0.25) is 4.79 Å². The lowest BCUT2D eigenvalue weighted by Crippen LogP contribution is -2.13. The topological polar surface area (TPSA) is 99.4 Å². The predicted octanol–water partition coefficient (Wildman–Crippen LogP) is 5.02. The molecule has 0 spiro atoms. The lowest BCUT2D eigenvalue weighted by Gasteiger charge is -2.10. The number of carboxylic acids is 1. The van der Waals surface area contributed by atoms with E-state index in [4.69, 9.17) is 21.4 Å². The second kappa shape index (κ2) is 9.91. The monoisotopic (exact) mass is 574 g/mol. The van der Waals surface area contributed by atoms with Gasteiger partial charge in [0.15, 0.2) is 6.61 Å². The number of hydrogen-bond donors (Lipinski definition) is 2. The second-order valence-electron chi connectivity index (χ2n) is 5.58. The Morgan fingerprint density at radius 3 is 2.68 bits per heavy atom. The van der Waals surface area contributed by atoms with Crippen LogP contribution in [-0.2, 0) is 9.59 Å². The molecule has 0 aliphatic heterocycles. The number of aryl methyl sites for hydroxylation is 1. The highest BCUT2D eigenvalue weighted by molar-refractivity contribution is 14.1. The summed E-state index contributed by atoms with van der Waals surface area (Å²) in [6.07, 6.45) is 1.43. The smallest absolute Gasteiger partial charge is 0.341 e. The number of carboxylic acid groups (broad SMARTS) is 1. The Morgan fingerprint density at radius 1 is 1.39 bits per heavy atom. The van der Waals surface area contributed by atoms with Crippen molar-refractivity contribution in [1.29, 1.82) is 5.26 Å². The summed E-state index contributed by atoms with van der Waals surface area (Å²) < 4.78 is 6.37. The Morgan fingerprint density at radius 2 is 2.11 bits per heavy atom.